The Balaban J connectivity index is 0.919. The molecule has 0 radical (unpaired) electrons. The molecule has 2 heteroatoms. The van der Waals surface area contributed by atoms with Crippen LogP contribution in [0.5, 0.6) is 0 Å². The normalized spacial score (nSPS) is 12.4. The summed E-state index contributed by atoms with van der Waals surface area (Å²) in [5.41, 5.74) is 23.8. The summed E-state index contributed by atoms with van der Waals surface area (Å²) in [5.74, 6) is 0. The van der Waals surface area contributed by atoms with Crippen LogP contribution >= 0.6 is 0 Å². The summed E-state index contributed by atoms with van der Waals surface area (Å²) in [4.78, 5) is 2.40. The van der Waals surface area contributed by atoms with Gasteiger partial charge < -0.3 is 9.32 Å². The number of furan rings is 1. The molecule has 0 bridgehead atoms. The van der Waals surface area contributed by atoms with Crippen LogP contribution in [0, 0.1) is 0 Å². The highest BCUT2D eigenvalue weighted by molar-refractivity contribution is 6.12. The van der Waals surface area contributed by atoms with Crippen molar-refractivity contribution in [2.24, 2.45) is 0 Å². The van der Waals surface area contributed by atoms with E-state index in [0.717, 1.165) is 61.3 Å². The van der Waals surface area contributed by atoms with Gasteiger partial charge in [-0.05, 0) is 156 Å². The van der Waals surface area contributed by atoms with E-state index in [4.69, 9.17) is 4.42 Å². The fraction of sp³-hybridized carbons (Fsp3) is 0.0137. The van der Waals surface area contributed by atoms with Gasteiger partial charge in [-0.15, -0.1) is 0 Å². The summed E-state index contributed by atoms with van der Waals surface area (Å²) in [6, 6.07) is 108. The van der Waals surface area contributed by atoms with Gasteiger partial charge in [0.05, 0.1) is 5.41 Å². The minimum Gasteiger partial charge on any atom is -0.456 e. The molecule has 1 heterocycles. The molecule has 2 nitrogen and oxygen atoms in total. The first-order valence-corrected chi connectivity index (χ1v) is 25.8. The largest absolute Gasteiger partial charge is 0.456 e. The van der Waals surface area contributed by atoms with Crippen LogP contribution in [-0.2, 0) is 5.41 Å². The standard InChI is InChI=1S/C73H49NO/c1-5-20-50(21-6-1)55-46-56(51-22-7-2-8-23-51)48-57(47-55)52-38-42-60(43-39-52)74(61-44-40-53(41-45-61)63-33-19-37-70-72(63)66-31-14-16-36-69(66)75-70)62-29-17-24-54(49-62)64-32-18-35-68-71(64)65-30-13-15-34-67(65)73(68,58-25-9-3-10-26-58)59-27-11-4-12-28-59/h1-49H. The number of fused-ring (bicyclic) bond motifs is 6. The Morgan fingerprint density at radius 1 is 0.267 bits per heavy atom. The molecule has 0 atom stereocenters. The zero-order valence-corrected chi connectivity index (χ0v) is 41.1. The molecule has 0 N–H and O–H groups in total. The van der Waals surface area contributed by atoms with Crippen LogP contribution in [0.3, 0.4) is 0 Å². The number of hydrogen-bond donors (Lipinski definition) is 0. The first-order valence-electron chi connectivity index (χ1n) is 25.8. The van der Waals surface area contributed by atoms with E-state index >= 15 is 0 Å². The third-order valence-corrected chi connectivity index (χ3v) is 15.3. The number of anilines is 3. The van der Waals surface area contributed by atoms with Crippen LogP contribution in [-0.4, -0.2) is 0 Å². The average Bonchev–Trinajstić information content (AvgIpc) is 4.08. The molecular formula is C73H49NO. The van der Waals surface area contributed by atoms with Crippen LogP contribution in [0.2, 0.25) is 0 Å². The zero-order chi connectivity index (χ0) is 49.7. The molecule has 0 saturated carbocycles. The number of hydrogen-bond acceptors (Lipinski definition) is 2. The minimum atomic E-state index is -0.493. The fourth-order valence-corrected chi connectivity index (χ4v) is 12.0. The summed E-state index contributed by atoms with van der Waals surface area (Å²) in [6.07, 6.45) is 0. The Hall–Kier alpha value is -9.76. The molecule has 1 aliphatic rings. The zero-order valence-electron chi connectivity index (χ0n) is 41.1. The van der Waals surface area contributed by atoms with E-state index in [2.05, 4.69) is 290 Å². The summed E-state index contributed by atoms with van der Waals surface area (Å²) in [6.45, 7) is 0. The SMILES string of the molecule is c1ccc(-c2cc(-c3ccccc3)cc(-c3ccc(N(c4ccc(-c5cccc6oc7ccccc7c56)cc4)c4cccc(-c5cccc6c5-c5ccccc5C6(c5ccccc5)c5ccccc5)c4)cc3)c2)cc1. The first-order chi connectivity index (χ1) is 37.2. The van der Waals surface area contributed by atoms with Crippen molar-refractivity contribution < 1.29 is 4.42 Å². The summed E-state index contributed by atoms with van der Waals surface area (Å²) < 4.78 is 6.33. The molecular weight excluding hydrogens is 907 g/mol. The smallest absolute Gasteiger partial charge is 0.136 e. The van der Waals surface area contributed by atoms with Gasteiger partial charge in [-0.25, -0.2) is 0 Å². The maximum absolute atomic E-state index is 6.33. The van der Waals surface area contributed by atoms with Crippen molar-refractivity contribution in [3.8, 4) is 66.8 Å². The van der Waals surface area contributed by atoms with Gasteiger partial charge in [0.25, 0.3) is 0 Å². The van der Waals surface area contributed by atoms with Gasteiger partial charge in [-0.3, -0.25) is 0 Å². The first kappa shape index (κ1) is 44.0. The van der Waals surface area contributed by atoms with E-state index in [1.54, 1.807) is 0 Å². The molecule has 13 aromatic rings. The van der Waals surface area contributed by atoms with Gasteiger partial charge in [0.2, 0.25) is 0 Å². The summed E-state index contributed by atoms with van der Waals surface area (Å²) in [5, 5.41) is 2.25. The molecule has 12 aromatic carbocycles. The Kier molecular flexibility index (Phi) is 10.8. The molecule has 0 amide bonds. The van der Waals surface area contributed by atoms with Crippen LogP contribution < -0.4 is 4.90 Å². The van der Waals surface area contributed by atoms with Crippen molar-refractivity contribution in [2.45, 2.75) is 5.41 Å². The summed E-state index contributed by atoms with van der Waals surface area (Å²) in [7, 11) is 0. The summed E-state index contributed by atoms with van der Waals surface area (Å²) >= 11 is 0. The Morgan fingerprint density at radius 2 is 0.720 bits per heavy atom. The molecule has 1 aliphatic carbocycles. The quantitative estimate of drug-likeness (QED) is 0.136. The molecule has 0 fully saturated rings. The molecule has 0 spiro atoms. The van der Waals surface area contributed by atoms with E-state index < -0.39 is 5.41 Å². The van der Waals surface area contributed by atoms with Gasteiger partial charge >= 0.3 is 0 Å². The predicted molar refractivity (Wildman–Crippen MR) is 313 cm³/mol. The molecule has 14 rings (SSSR count). The minimum absolute atomic E-state index is 0.493. The van der Waals surface area contributed by atoms with Gasteiger partial charge in [0.15, 0.2) is 0 Å². The van der Waals surface area contributed by atoms with Gasteiger partial charge in [-0.2, -0.15) is 0 Å². The highest BCUT2D eigenvalue weighted by atomic mass is 16.3. The number of para-hydroxylation sites is 1. The van der Waals surface area contributed by atoms with Crippen LogP contribution in [0.4, 0.5) is 17.1 Å². The molecule has 0 unspecified atom stereocenters. The highest BCUT2D eigenvalue weighted by Crippen LogP contribution is 2.58. The van der Waals surface area contributed by atoms with Crippen LogP contribution in [0.15, 0.2) is 302 Å². The monoisotopic (exact) mass is 955 g/mol. The van der Waals surface area contributed by atoms with Crippen LogP contribution in [0.25, 0.3) is 88.7 Å². The molecule has 0 saturated heterocycles. The predicted octanol–water partition coefficient (Wildman–Crippen LogP) is 19.8. The third kappa shape index (κ3) is 7.49. The molecule has 1 aromatic heterocycles. The Labute approximate surface area is 437 Å². The van der Waals surface area contributed by atoms with Gasteiger partial charge in [0.1, 0.15) is 11.2 Å². The second kappa shape index (κ2) is 18.4. The maximum Gasteiger partial charge on any atom is 0.136 e. The third-order valence-electron chi connectivity index (χ3n) is 15.3. The van der Waals surface area contributed by atoms with E-state index in [9.17, 15) is 0 Å². The average molecular weight is 956 g/mol. The van der Waals surface area contributed by atoms with E-state index in [1.807, 2.05) is 12.1 Å². The topological polar surface area (TPSA) is 16.4 Å². The maximum atomic E-state index is 6.33. The van der Waals surface area contributed by atoms with Crippen molar-refractivity contribution in [3.05, 3.63) is 320 Å². The van der Waals surface area contributed by atoms with Crippen molar-refractivity contribution in [2.75, 3.05) is 4.90 Å². The van der Waals surface area contributed by atoms with Crippen molar-refractivity contribution in [3.63, 3.8) is 0 Å². The lowest BCUT2D eigenvalue weighted by atomic mass is 9.67. The number of benzene rings is 12. The Bertz CT molecular complexity index is 4100. The number of nitrogens with zero attached hydrogens (tertiary/aromatic N) is 1. The van der Waals surface area contributed by atoms with Gasteiger partial charge in [-0.1, -0.05) is 231 Å². The van der Waals surface area contributed by atoms with Crippen molar-refractivity contribution >= 4 is 39.0 Å². The lowest BCUT2D eigenvalue weighted by molar-refractivity contribution is 0.669. The number of rotatable bonds is 10. The molecule has 352 valence electrons. The second-order valence-corrected chi connectivity index (χ2v) is 19.5. The lowest BCUT2D eigenvalue weighted by Gasteiger charge is -2.34. The van der Waals surface area contributed by atoms with Gasteiger partial charge in [0, 0.05) is 27.8 Å². The highest BCUT2D eigenvalue weighted by Gasteiger charge is 2.46. The Morgan fingerprint density at radius 3 is 1.36 bits per heavy atom. The molecule has 0 aliphatic heterocycles. The van der Waals surface area contributed by atoms with Crippen LogP contribution in [0.1, 0.15) is 22.3 Å². The van der Waals surface area contributed by atoms with E-state index in [-0.39, 0.29) is 0 Å². The van der Waals surface area contributed by atoms with E-state index in [0.29, 0.717) is 0 Å². The van der Waals surface area contributed by atoms with Crippen molar-refractivity contribution in [1.29, 1.82) is 0 Å². The van der Waals surface area contributed by atoms with Crippen molar-refractivity contribution in [1.82, 2.24) is 0 Å². The van der Waals surface area contributed by atoms with E-state index in [1.165, 1.54) is 66.8 Å². The second-order valence-electron chi connectivity index (χ2n) is 19.5. The molecule has 75 heavy (non-hydrogen) atoms. The lowest BCUT2D eigenvalue weighted by Crippen LogP contribution is -2.28. The fourth-order valence-electron chi connectivity index (χ4n) is 12.0.